The second kappa shape index (κ2) is 4.70. The zero-order valence-corrected chi connectivity index (χ0v) is 9.59. The number of aliphatic hydroxyl groups excluding tert-OH is 1. The predicted octanol–water partition coefficient (Wildman–Crippen LogP) is 0.551. The molecule has 0 unspecified atom stereocenters. The Balaban J connectivity index is 1.88. The van der Waals surface area contributed by atoms with Gasteiger partial charge in [-0.25, -0.2) is 0 Å². The number of hydrogen-bond donors (Lipinski definition) is 1. The van der Waals surface area contributed by atoms with Crippen molar-refractivity contribution < 1.29 is 9.90 Å². The molecule has 2 heterocycles. The Morgan fingerprint density at radius 2 is 2.19 bits per heavy atom. The highest BCUT2D eigenvalue weighted by atomic mass is 16.3. The zero-order valence-electron chi connectivity index (χ0n) is 9.59. The van der Waals surface area contributed by atoms with Crippen LogP contribution in [0.2, 0.25) is 0 Å². The number of hydrogen-bond acceptors (Lipinski definition) is 2. The van der Waals surface area contributed by atoms with Crippen LogP contribution in [0.3, 0.4) is 0 Å². The van der Waals surface area contributed by atoms with E-state index in [1.54, 1.807) is 0 Å². The summed E-state index contributed by atoms with van der Waals surface area (Å²) in [7, 11) is 1.95. The van der Waals surface area contributed by atoms with Crippen LogP contribution >= 0.6 is 0 Å². The van der Waals surface area contributed by atoms with Crippen LogP contribution in [0, 0.1) is 0 Å². The number of carbonyl (C=O) groups is 1. The lowest BCUT2D eigenvalue weighted by Crippen LogP contribution is -2.40. The van der Waals surface area contributed by atoms with Crippen molar-refractivity contribution in [3.05, 3.63) is 24.0 Å². The van der Waals surface area contributed by atoms with Gasteiger partial charge in [0.25, 0.3) is 0 Å². The van der Waals surface area contributed by atoms with Crippen LogP contribution in [0.5, 0.6) is 0 Å². The van der Waals surface area contributed by atoms with Crippen molar-refractivity contribution in [3.8, 4) is 0 Å². The van der Waals surface area contributed by atoms with E-state index in [-0.39, 0.29) is 12.0 Å². The number of aliphatic hydroxyl groups is 1. The summed E-state index contributed by atoms with van der Waals surface area (Å²) in [6.45, 7) is 1.37. The van der Waals surface area contributed by atoms with Gasteiger partial charge < -0.3 is 14.6 Å². The molecule has 1 aromatic rings. The second-order valence-electron chi connectivity index (χ2n) is 4.47. The van der Waals surface area contributed by atoms with Gasteiger partial charge in [0.1, 0.15) is 0 Å². The van der Waals surface area contributed by atoms with Crippen LogP contribution in [0.4, 0.5) is 0 Å². The van der Waals surface area contributed by atoms with E-state index >= 15 is 0 Å². The third kappa shape index (κ3) is 2.64. The monoisotopic (exact) mass is 222 g/mol. The van der Waals surface area contributed by atoms with Crippen LogP contribution in [-0.2, 0) is 18.3 Å². The summed E-state index contributed by atoms with van der Waals surface area (Å²) < 4.78 is 1.95. The third-order valence-electron chi connectivity index (χ3n) is 3.07. The highest BCUT2D eigenvalue weighted by molar-refractivity contribution is 5.78. The maximum atomic E-state index is 11.9. The van der Waals surface area contributed by atoms with Gasteiger partial charge in [-0.3, -0.25) is 4.79 Å². The number of amides is 1. The molecular weight excluding hydrogens is 204 g/mol. The smallest absolute Gasteiger partial charge is 0.227 e. The first kappa shape index (κ1) is 11.2. The van der Waals surface area contributed by atoms with Crippen molar-refractivity contribution in [2.24, 2.45) is 7.05 Å². The fraction of sp³-hybridized carbons (Fsp3) is 0.583. The van der Waals surface area contributed by atoms with Crippen molar-refractivity contribution >= 4 is 5.91 Å². The lowest BCUT2D eigenvalue weighted by atomic mass is 10.1. The van der Waals surface area contributed by atoms with Gasteiger partial charge in [-0.15, -0.1) is 0 Å². The van der Waals surface area contributed by atoms with Crippen molar-refractivity contribution in [3.63, 3.8) is 0 Å². The fourth-order valence-corrected chi connectivity index (χ4v) is 2.07. The molecule has 0 radical (unpaired) electrons. The Kier molecular flexibility index (Phi) is 3.29. The third-order valence-corrected chi connectivity index (χ3v) is 3.07. The summed E-state index contributed by atoms with van der Waals surface area (Å²) >= 11 is 0. The molecule has 4 nitrogen and oxygen atoms in total. The first-order valence-corrected chi connectivity index (χ1v) is 5.72. The predicted molar refractivity (Wildman–Crippen MR) is 60.9 cm³/mol. The molecule has 0 atom stereocenters. The number of aryl methyl sites for hydroxylation is 1. The highest BCUT2D eigenvalue weighted by Gasteiger charge is 2.21. The Labute approximate surface area is 95.5 Å². The molecule has 1 saturated heterocycles. The van der Waals surface area contributed by atoms with Crippen LogP contribution in [0.25, 0.3) is 0 Å². The van der Waals surface area contributed by atoms with Crippen LogP contribution < -0.4 is 0 Å². The van der Waals surface area contributed by atoms with Gasteiger partial charge in [0.2, 0.25) is 5.91 Å². The molecular formula is C12H18N2O2. The summed E-state index contributed by atoms with van der Waals surface area (Å²) in [5.74, 6) is 0.165. The largest absolute Gasteiger partial charge is 0.393 e. The maximum Gasteiger partial charge on any atom is 0.227 e. The molecule has 0 bridgehead atoms. The lowest BCUT2D eigenvalue weighted by Gasteiger charge is -2.29. The van der Waals surface area contributed by atoms with Crippen molar-refractivity contribution in [2.75, 3.05) is 13.1 Å². The van der Waals surface area contributed by atoms with Crippen LogP contribution in [0.1, 0.15) is 18.4 Å². The van der Waals surface area contributed by atoms with Gasteiger partial charge in [0.05, 0.1) is 12.5 Å². The quantitative estimate of drug-likeness (QED) is 0.794. The van der Waals surface area contributed by atoms with Crippen LogP contribution in [-0.4, -0.2) is 39.7 Å². The maximum absolute atomic E-state index is 11.9. The highest BCUT2D eigenvalue weighted by Crippen LogP contribution is 2.12. The molecule has 0 aliphatic carbocycles. The normalized spacial score (nSPS) is 17.8. The number of aromatic nitrogens is 1. The molecule has 4 heteroatoms. The molecule has 2 rings (SSSR count). The number of rotatable bonds is 2. The van der Waals surface area contributed by atoms with E-state index in [9.17, 15) is 9.90 Å². The summed E-state index contributed by atoms with van der Waals surface area (Å²) in [5, 5.41) is 9.36. The Bertz CT molecular complexity index is 365. The van der Waals surface area contributed by atoms with E-state index in [1.165, 1.54) is 0 Å². The number of carbonyl (C=O) groups excluding carboxylic acids is 1. The summed E-state index contributed by atoms with van der Waals surface area (Å²) in [6, 6.07) is 1.97. The summed E-state index contributed by atoms with van der Waals surface area (Å²) in [6.07, 6.45) is 5.58. The summed E-state index contributed by atoms with van der Waals surface area (Å²) in [5.41, 5.74) is 1.05. The minimum absolute atomic E-state index is 0.165. The minimum atomic E-state index is -0.222. The van der Waals surface area contributed by atoms with Crippen molar-refractivity contribution in [1.29, 1.82) is 0 Å². The van der Waals surface area contributed by atoms with Crippen LogP contribution in [0.15, 0.2) is 18.5 Å². The van der Waals surface area contributed by atoms with E-state index in [2.05, 4.69) is 0 Å². The van der Waals surface area contributed by atoms with Crippen molar-refractivity contribution in [1.82, 2.24) is 9.47 Å². The lowest BCUT2D eigenvalue weighted by molar-refractivity contribution is -0.132. The van der Waals surface area contributed by atoms with E-state index in [1.807, 2.05) is 35.0 Å². The number of likely N-dealkylation sites (tertiary alicyclic amines) is 1. The van der Waals surface area contributed by atoms with E-state index in [4.69, 9.17) is 0 Å². The molecule has 0 aromatic carbocycles. The van der Waals surface area contributed by atoms with Gasteiger partial charge >= 0.3 is 0 Å². The molecule has 88 valence electrons. The molecule has 1 aliphatic rings. The molecule has 0 saturated carbocycles. The first-order valence-electron chi connectivity index (χ1n) is 5.72. The molecule has 1 aliphatic heterocycles. The molecule has 16 heavy (non-hydrogen) atoms. The zero-order chi connectivity index (χ0) is 11.5. The summed E-state index contributed by atoms with van der Waals surface area (Å²) in [4.78, 5) is 13.8. The van der Waals surface area contributed by atoms with Gasteiger partial charge in [-0.1, -0.05) is 0 Å². The van der Waals surface area contributed by atoms with Gasteiger partial charge in [0.15, 0.2) is 0 Å². The molecule has 1 fully saturated rings. The van der Waals surface area contributed by atoms with Crippen molar-refractivity contribution in [2.45, 2.75) is 25.4 Å². The van der Waals surface area contributed by atoms with Gasteiger partial charge in [-0.2, -0.15) is 0 Å². The number of piperidine rings is 1. The standard InChI is InChI=1S/C12H18N2O2/c1-13-5-2-10(9-13)8-12(16)14-6-3-11(15)4-7-14/h2,5,9,11,15H,3-4,6-8H2,1H3. The molecule has 1 amide bonds. The Morgan fingerprint density at radius 3 is 2.75 bits per heavy atom. The molecule has 0 spiro atoms. The average molecular weight is 222 g/mol. The van der Waals surface area contributed by atoms with Gasteiger partial charge in [-0.05, 0) is 24.5 Å². The second-order valence-corrected chi connectivity index (χ2v) is 4.47. The van der Waals surface area contributed by atoms with E-state index < -0.39 is 0 Å². The minimum Gasteiger partial charge on any atom is -0.393 e. The molecule has 1 N–H and O–H groups in total. The van der Waals surface area contributed by atoms with E-state index in [0.717, 1.165) is 5.56 Å². The topological polar surface area (TPSA) is 45.5 Å². The van der Waals surface area contributed by atoms with Gasteiger partial charge in [0, 0.05) is 32.5 Å². The molecule has 1 aromatic heterocycles. The Hall–Kier alpha value is -1.29. The van der Waals surface area contributed by atoms with E-state index in [0.29, 0.717) is 32.4 Å². The number of nitrogens with zero attached hydrogens (tertiary/aromatic N) is 2. The Morgan fingerprint density at radius 1 is 1.50 bits per heavy atom. The average Bonchev–Trinajstić information content (AvgIpc) is 2.65. The SMILES string of the molecule is Cn1ccc(CC(=O)N2CCC(O)CC2)c1. The fourth-order valence-electron chi connectivity index (χ4n) is 2.07. The first-order chi connectivity index (χ1) is 7.65.